The molecule has 1 heterocycles. The van der Waals surface area contributed by atoms with Crippen molar-refractivity contribution in [3.05, 3.63) is 0 Å². The molecule has 0 aromatic heterocycles. The van der Waals surface area contributed by atoms with E-state index in [9.17, 15) is 5.21 Å². The van der Waals surface area contributed by atoms with E-state index in [1.165, 1.54) is 30.7 Å². The van der Waals surface area contributed by atoms with Crippen molar-refractivity contribution in [3.8, 4) is 0 Å². The minimum atomic E-state index is -0.172. The smallest absolute Gasteiger partial charge is 0.0563 e. The predicted molar refractivity (Wildman–Crippen MR) is 72.3 cm³/mol. The number of hydroxylamine groups is 2. The molecule has 0 aromatic carbocycles. The number of nitrogens with one attached hydrogen (secondary N) is 1. The average Bonchev–Trinajstić information content (AvgIpc) is 2.39. The molecule has 17 heavy (non-hydrogen) atoms. The third kappa shape index (κ3) is 3.43. The Morgan fingerprint density at radius 3 is 2.29 bits per heavy atom. The summed E-state index contributed by atoms with van der Waals surface area (Å²) in [5.41, 5.74) is -0.293. The second-order valence-electron chi connectivity index (χ2n) is 6.55. The monoisotopic (exact) mass is 242 g/mol. The number of unbranched alkanes of at least 4 members (excludes halogenated alkanes) is 3. The summed E-state index contributed by atoms with van der Waals surface area (Å²) in [7, 11) is 0. The maximum atomic E-state index is 10.2. The van der Waals surface area contributed by atoms with E-state index in [1.54, 1.807) is 0 Å². The van der Waals surface area contributed by atoms with Crippen LogP contribution in [0.3, 0.4) is 0 Å². The molecule has 0 amide bonds. The topological polar surface area (TPSA) is 35.5 Å². The highest BCUT2D eigenvalue weighted by Gasteiger charge is 2.50. The lowest BCUT2D eigenvalue weighted by Crippen LogP contribution is -2.52. The second kappa shape index (κ2) is 5.68. The van der Waals surface area contributed by atoms with Gasteiger partial charge in [0.15, 0.2) is 0 Å². The summed E-state index contributed by atoms with van der Waals surface area (Å²) in [5, 5.41) is 15.3. The third-order valence-corrected chi connectivity index (χ3v) is 4.10. The minimum Gasteiger partial charge on any atom is -0.313 e. The Labute approximate surface area is 107 Å². The Morgan fingerprint density at radius 2 is 1.82 bits per heavy atom. The van der Waals surface area contributed by atoms with Crippen molar-refractivity contribution in [3.63, 3.8) is 0 Å². The molecule has 0 bridgehead atoms. The maximum absolute atomic E-state index is 10.2. The summed E-state index contributed by atoms with van der Waals surface area (Å²) in [6, 6.07) is 0.379. The van der Waals surface area contributed by atoms with Gasteiger partial charge in [0.25, 0.3) is 0 Å². The van der Waals surface area contributed by atoms with Crippen LogP contribution in [0.2, 0.25) is 0 Å². The first-order valence-corrected chi connectivity index (χ1v) is 7.05. The second-order valence-corrected chi connectivity index (χ2v) is 6.55. The van der Waals surface area contributed by atoms with E-state index < -0.39 is 0 Å². The molecule has 0 aromatic rings. The van der Waals surface area contributed by atoms with E-state index in [1.807, 2.05) is 0 Å². The summed E-state index contributed by atoms with van der Waals surface area (Å²) in [4.78, 5) is 0. The molecule has 0 saturated carbocycles. The van der Waals surface area contributed by atoms with Crippen LogP contribution in [0.5, 0.6) is 0 Å². The fourth-order valence-electron chi connectivity index (χ4n) is 2.91. The van der Waals surface area contributed by atoms with E-state index >= 15 is 0 Å². The van der Waals surface area contributed by atoms with E-state index in [0.717, 1.165) is 13.0 Å². The zero-order valence-electron chi connectivity index (χ0n) is 12.2. The van der Waals surface area contributed by atoms with Gasteiger partial charge in [-0.25, -0.2) is 0 Å². The summed E-state index contributed by atoms with van der Waals surface area (Å²) < 4.78 is 0. The molecule has 3 heteroatoms. The molecule has 1 atom stereocenters. The fraction of sp³-hybridized carbons (Fsp3) is 1.00. The zero-order valence-corrected chi connectivity index (χ0v) is 12.2. The van der Waals surface area contributed by atoms with Crippen LogP contribution in [0.15, 0.2) is 0 Å². The molecule has 1 aliphatic heterocycles. The van der Waals surface area contributed by atoms with Gasteiger partial charge in [-0.1, -0.05) is 26.2 Å². The first-order chi connectivity index (χ1) is 7.82. The van der Waals surface area contributed by atoms with Crippen LogP contribution in [0.1, 0.15) is 66.7 Å². The number of rotatable bonds is 6. The van der Waals surface area contributed by atoms with Gasteiger partial charge >= 0.3 is 0 Å². The van der Waals surface area contributed by atoms with Crippen molar-refractivity contribution in [2.45, 2.75) is 83.8 Å². The standard InChI is InChI=1S/C14H30N2O/c1-6-7-8-9-10-15-12-11-13(2,3)16(17)14(12,4)5/h12,15,17H,6-11H2,1-5H3. The van der Waals surface area contributed by atoms with Crippen LogP contribution in [0.25, 0.3) is 0 Å². The number of nitrogens with zero attached hydrogens (tertiary/aromatic N) is 1. The highest BCUT2D eigenvalue weighted by molar-refractivity contribution is 5.05. The SMILES string of the molecule is CCCCCCNC1CC(C)(C)N(O)C1(C)C. The quantitative estimate of drug-likeness (QED) is 0.702. The maximum Gasteiger partial charge on any atom is 0.0563 e. The van der Waals surface area contributed by atoms with Crippen molar-refractivity contribution in [2.24, 2.45) is 0 Å². The highest BCUT2D eigenvalue weighted by atomic mass is 16.5. The molecular weight excluding hydrogens is 212 g/mol. The summed E-state index contributed by atoms with van der Waals surface area (Å²) in [6.45, 7) is 11.7. The third-order valence-electron chi connectivity index (χ3n) is 4.10. The minimum absolute atomic E-state index is 0.120. The predicted octanol–water partition coefficient (Wildman–Crippen LogP) is 3.18. The van der Waals surface area contributed by atoms with Crippen LogP contribution in [0.4, 0.5) is 0 Å². The van der Waals surface area contributed by atoms with E-state index in [0.29, 0.717) is 6.04 Å². The van der Waals surface area contributed by atoms with Crippen LogP contribution >= 0.6 is 0 Å². The van der Waals surface area contributed by atoms with Gasteiger partial charge in [0.1, 0.15) is 0 Å². The molecule has 0 spiro atoms. The van der Waals surface area contributed by atoms with Gasteiger partial charge in [0.05, 0.1) is 5.54 Å². The van der Waals surface area contributed by atoms with Gasteiger partial charge < -0.3 is 10.5 Å². The molecule has 1 aliphatic rings. The normalized spacial score (nSPS) is 27.5. The molecule has 0 radical (unpaired) electrons. The largest absolute Gasteiger partial charge is 0.313 e. The Balaban J connectivity index is 2.39. The van der Waals surface area contributed by atoms with Gasteiger partial charge in [0, 0.05) is 11.6 Å². The van der Waals surface area contributed by atoms with Crippen molar-refractivity contribution < 1.29 is 5.21 Å². The molecule has 102 valence electrons. The Bertz CT molecular complexity index is 238. The van der Waals surface area contributed by atoms with Gasteiger partial charge in [-0.2, -0.15) is 5.06 Å². The summed E-state index contributed by atoms with van der Waals surface area (Å²) in [6.07, 6.45) is 6.17. The molecule has 1 fully saturated rings. The van der Waals surface area contributed by atoms with Gasteiger partial charge in [-0.15, -0.1) is 0 Å². The van der Waals surface area contributed by atoms with Crippen molar-refractivity contribution in [1.29, 1.82) is 0 Å². The lowest BCUT2D eigenvalue weighted by molar-refractivity contribution is -0.194. The number of hydrogen-bond acceptors (Lipinski definition) is 3. The van der Waals surface area contributed by atoms with Crippen LogP contribution < -0.4 is 5.32 Å². The van der Waals surface area contributed by atoms with Crippen LogP contribution in [0, 0.1) is 0 Å². The Hall–Kier alpha value is -0.120. The van der Waals surface area contributed by atoms with Gasteiger partial charge in [-0.05, 0) is 47.1 Å². The zero-order chi connectivity index (χ0) is 13.1. The first-order valence-electron chi connectivity index (χ1n) is 7.05. The lowest BCUT2D eigenvalue weighted by atomic mass is 9.94. The summed E-state index contributed by atoms with van der Waals surface area (Å²) in [5.74, 6) is 0. The molecule has 1 saturated heterocycles. The van der Waals surface area contributed by atoms with Crippen molar-refractivity contribution in [1.82, 2.24) is 10.4 Å². The van der Waals surface area contributed by atoms with E-state index in [-0.39, 0.29) is 11.1 Å². The molecular formula is C14H30N2O. The fourth-order valence-corrected chi connectivity index (χ4v) is 2.91. The van der Waals surface area contributed by atoms with E-state index in [4.69, 9.17) is 0 Å². The molecule has 1 unspecified atom stereocenters. The first kappa shape index (κ1) is 14.9. The Morgan fingerprint density at radius 1 is 1.18 bits per heavy atom. The Kier molecular flexibility index (Phi) is 4.99. The van der Waals surface area contributed by atoms with Crippen LogP contribution in [-0.4, -0.2) is 33.9 Å². The average molecular weight is 242 g/mol. The highest BCUT2D eigenvalue weighted by Crippen LogP contribution is 2.38. The van der Waals surface area contributed by atoms with E-state index in [2.05, 4.69) is 39.9 Å². The molecule has 2 N–H and O–H groups in total. The van der Waals surface area contributed by atoms with Crippen LogP contribution in [-0.2, 0) is 0 Å². The molecule has 0 aliphatic carbocycles. The van der Waals surface area contributed by atoms with Crippen molar-refractivity contribution in [2.75, 3.05) is 6.54 Å². The summed E-state index contributed by atoms with van der Waals surface area (Å²) >= 11 is 0. The van der Waals surface area contributed by atoms with Gasteiger partial charge in [0.2, 0.25) is 0 Å². The number of hydrogen-bond donors (Lipinski definition) is 2. The van der Waals surface area contributed by atoms with Gasteiger partial charge in [-0.3, -0.25) is 0 Å². The molecule has 3 nitrogen and oxygen atoms in total. The van der Waals surface area contributed by atoms with Crippen molar-refractivity contribution >= 4 is 0 Å². The lowest BCUT2D eigenvalue weighted by Gasteiger charge is -2.36. The molecule has 1 rings (SSSR count).